The highest BCUT2D eigenvalue weighted by atomic mass is 16.5. The highest BCUT2D eigenvalue weighted by Gasteiger charge is 2.41. The summed E-state index contributed by atoms with van der Waals surface area (Å²) in [6, 6.07) is 8.70. The molecule has 0 fully saturated rings. The molecule has 1 aromatic carbocycles. The number of hydrogen-bond acceptors (Lipinski definition) is 6. The predicted octanol–water partition coefficient (Wildman–Crippen LogP) is 5.09. The zero-order valence-corrected chi connectivity index (χ0v) is 20.6. The molecule has 0 aliphatic carbocycles. The fraction of sp³-hybridized carbons (Fsp3) is 0.615. The molecule has 6 heteroatoms. The first-order chi connectivity index (χ1) is 15.0. The number of benzene rings is 1. The van der Waals surface area contributed by atoms with Gasteiger partial charge in [-0.15, -0.1) is 0 Å². The molecule has 4 rings (SSSR count). The van der Waals surface area contributed by atoms with Crippen LogP contribution in [-0.4, -0.2) is 47.3 Å². The number of fused-ring (bicyclic) bond motifs is 1. The summed E-state index contributed by atoms with van der Waals surface area (Å²) in [4.78, 5) is 9.78. The maximum absolute atomic E-state index is 6.05. The van der Waals surface area contributed by atoms with Crippen molar-refractivity contribution in [3.05, 3.63) is 35.7 Å². The Morgan fingerprint density at radius 3 is 1.41 bits per heavy atom. The predicted molar refractivity (Wildman–Crippen MR) is 130 cm³/mol. The van der Waals surface area contributed by atoms with Gasteiger partial charge in [-0.3, -0.25) is 0 Å². The number of rotatable bonds is 6. The summed E-state index contributed by atoms with van der Waals surface area (Å²) < 4.78 is 12.1. The van der Waals surface area contributed by atoms with Gasteiger partial charge in [-0.25, -0.2) is 9.98 Å². The van der Waals surface area contributed by atoms with Crippen LogP contribution in [0.15, 0.2) is 34.3 Å². The first kappa shape index (κ1) is 22.7. The molecule has 2 aromatic rings. The van der Waals surface area contributed by atoms with E-state index in [-0.39, 0.29) is 12.1 Å². The lowest BCUT2D eigenvalue weighted by Crippen LogP contribution is -2.34. The fourth-order valence-electron chi connectivity index (χ4n) is 4.38. The number of aliphatic imine (C=N–C) groups is 2. The monoisotopic (exact) mass is 436 g/mol. The Morgan fingerprint density at radius 1 is 0.719 bits per heavy atom. The summed E-state index contributed by atoms with van der Waals surface area (Å²) in [6.07, 6.45) is 0. The Hall–Kier alpha value is -2.50. The lowest BCUT2D eigenvalue weighted by atomic mass is 9.82. The molecule has 0 spiro atoms. The summed E-state index contributed by atoms with van der Waals surface area (Å²) >= 11 is 0. The van der Waals surface area contributed by atoms with E-state index in [1.54, 1.807) is 0 Å². The van der Waals surface area contributed by atoms with Crippen LogP contribution in [0.1, 0.15) is 66.8 Å². The molecule has 2 aliphatic rings. The summed E-state index contributed by atoms with van der Waals surface area (Å²) in [5.74, 6) is 2.36. The molecule has 0 radical (unpaired) electrons. The highest BCUT2D eigenvalue weighted by Crippen LogP contribution is 2.37. The summed E-state index contributed by atoms with van der Waals surface area (Å²) in [6.45, 7) is 18.4. The van der Waals surface area contributed by atoms with Crippen LogP contribution in [0.4, 0.5) is 0 Å². The SMILES string of the molecule is CC(C)[C@H]1COC(C(C)(C)c2nnc(C(C)(C)C3=N[C@@H](C(C)C)CO3)c3ccccc23)=N1. The summed E-state index contributed by atoms with van der Waals surface area (Å²) in [5.41, 5.74) is 0.793. The Balaban J connectivity index is 1.79. The third kappa shape index (κ3) is 3.78. The van der Waals surface area contributed by atoms with Crippen LogP contribution in [0.3, 0.4) is 0 Å². The van der Waals surface area contributed by atoms with Gasteiger partial charge in [-0.2, -0.15) is 10.2 Å². The minimum absolute atomic E-state index is 0.188. The standard InChI is InChI=1S/C26H36N4O2/c1-15(2)19-13-31-23(27-19)25(5,6)21-17-11-9-10-12-18(17)22(30-29-21)26(7,8)24-28-20(14-32-24)16(3)4/h9-12,15-16,19-20H,13-14H2,1-8H3/t19-,20-/m1/s1. The highest BCUT2D eigenvalue weighted by molar-refractivity contribution is 5.98. The van der Waals surface area contributed by atoms with E-state index in [1.807, 2.05) is 12.1 Å². The van der Waals surface area contributed by atoms with Crippen molar-refractivity contribution in [2.45, 2.75) is 78.3 Å². The second kappa shape index (κ2) is 8.13. The number of aromatic nitrogens is 2. The van der Waals surface area contributed by atoms with Crippen LogP contribution in [0.25, 0.3) is 10.8 Å². The van der Waals surface area contributed by atoms with Crippen LogP contribution in [-0.2, 0) is 20.3 Å². The molecule has 172 valence electrons. The van der Waals surface area contributed by atoms with E-state index in [0.29, 0.717) is 25.0 Å². The van der Waals surface area contributed by atoms with Crippen LogP contribution in [0, 0.1) is 11.8 Å². The van der Waals surface area contributed by atoms with Gasteiger partial charge in [0.05, 0.1) is 34.3 Å². The second-order valence-electron chi connectivity index (χ2n) is 10.8. The minimum atomic E-state index is -0.483. The normalized spacial score (nSPS) is 21.7. The molecule has 0 amide bonds. The minimum Gasteiger partial charge on any atom is -0.478 e. The average Bonchev–Trinajstić information content (AvgIpc) is 3.43. The van der Waals surface area contributed by atoms with Crippen molar-refractivity contribution in [3.63, 3.8) is 0 Å². The van der Waals surface area contributed by atoms with Crippen molar-refractivity contribution in [3.8, 4) is 0 Å². The number of hydrogen-bond donors (Lipinski definition) is 0. The van der Waals surface area contributed by atoms with Crippen LogP contribution in [0.5, 0.6) is 0 Å². The van der Waals surface area contributed by atoms with Gasteiger partial charge in [0.2, 0.25) is 0 Å². The molecule has 0 bridgehead atoms. The van der Waals surface area contributed by atoms with E-state index in [0.717, 1.165) is 34.0 Å². The zero-order chi connectivity index (χ0) is 23.3. The van der Waals surface area contributed by atoms with Crippen molar-refractivity contribution < 1.29 is 9.47 Å². The van der Waals surface area contributed by atoms with Gasteiger partial charge in [-0.05, 0) is 39.5 Å². The van der Waals surface area contributed by atoms with Gasteiger partial charge in [-0.1, -0.05) is 52.0 Å². The van der Waals surface area contributed by atoms with E-state index in [1.165, 1.54) is 0 Å². The van der Waals surface area contributed by atoms with Crippen LogP contribution < -0.4 is 0 Å². The van der Waals surface area contributed by atoms with E-state index in [2.05, 4.69) is 67.5 Å². The Morgan fingerprint density at radius 2 is 1.09 bits per heavy atom. The molecule has 6 nitrogen and oxygen atoms in total. The third-order valence-electron chi connectivity index (χ3n) is 6.83. The van der Waals surface area contributed by atoms with Crippen molar-refractivity contribution >= 4 is 22.6 Å². The Bertz CT molecular complexity index is 984. The zero-order valence-electron chi connectivity index (χ0n) is 20.6. The average molecular weight is 437 g/mol. The first-order valence-electron chi connectivity index (χ1n) is 11.7. The van der Waals surface area contributed by atoms with Gasteiger partial charge in [0.1, 0.15) is 13.2 Å². The summed E-state index contributed by atoms with van der Waals surface area (Å²) in [5, 5.41) is 11.7. The van der Waals surface area contributed by atoms with Crippen molar-refractivity contribution in [1.82, 2.24) is 10.2 Å². The molecule has 1 aromatic heterocycles. The summed E-state index contributed by atoms with van der Waals surface area (Å²) in [7, 11) is 0. The topological polar surface area (TPSA) is 69.0 Å². The van der Waals surface area contributed by atoms with E-state index >= 15 is 0 Å². The van der Waals surface area contributed by atoms with E-state index < -0.39 is 10.8 Å². The van der Waals surface area contributed by atoms with Crippen molar-refractivity contribution in [2.24, 2.45) is 21.8 Å². The quantitative estimate of drug-likeness (QED) is 0.632. The Labute approximate surface area is 191 Å². The van der Waals surface area contributed by atoms with Crippen LogP contribution in [0.2, 0.25) is 0 Å². The molecular weight excluding hydrogens is 400 g/mol. The van der Waals surface area contributed by atoms with Gasteiger partial charge in [0.15, 0.2) is 11.8 Å². The van der Waals surface area contributed by atoms with Crippen molar-refractivity contribution in [1.29, 1.82) is 0 Å². The molecule has 0 unspecified atom stereocenters. The number of ether oxygens (including phenoxy) is 2. The molecule has 0 saturated heterocycles. The van der Waals surface area contributed by atoms with Crippen molar-refractivity contribution in [2.75, 3.05) is 13.2 Å². The smallest absolute Gasteiger partial charge is 0.195 e. The van der Waals surface area contributed by atoms with E-state index in [9.17, 15) is 0 Å². The molecule has 0 saturated carbocycles. The maximum atomic E-state index is 6.05. The largest absolute Gasteiger partial charge is 0.478 e. The van der Waals surface area contributed by atoms with Gasteiger partial charge in [0.25, 0.3) is 0 Å². The van der Waals surface area contributed by atoms with Gasteiger partial charge < -0.3 is 9.47 Å². The molecule has 2 aliphatic heterocycles. The van der Waals surface area contributed by atoms with Gasteiger partial charge in [0, 0.05) is 10.8 Å². The molecule has 2 atom stereocenters. The fourth-order valence-corrected chi connectivity index (χ4v) is 4.38. The maximum Gasteiger partial charge on any atom is 0.195 e. The van der Waals surface area contributed by atoms with E-state index in [4.69, 9.17) is 29.7 Å². The molecule has 0 N–H and O–H groups in total. The lowest BCUT2D eigenvalue weighted by Gasteiger charge is -2.28. The molecular formula is C26H36N4O2. The lowest BCUT2D eigenvalue weighted by molar-refractivity contribution is 0.273. The molecule has 3 heterocycles. The van der Waals surface area contributed by atoms with Gasteiger partial charge >= 0.3 is 0 Å². The first-order valence-corrected chi connectivity index (χ1v) is 11.7. The third-order valence-corrected chi connectivity index (χ3v) is 6.83. The molecule has 32 heavy (non-hydrogen) atoms. The van der Waals surface area contributed by atoms with Crippen LogP contribution >= 0.6 is 0 Å². The number of nitrogens with zero attached hydrogens (tertiary/aromatic N) is 4. The Kier molecular flexibility index (Phi) is 5.76. The second-order valence-corrected chi connectivity index (χ2v) is 10.8.